The highest BCUT2D eigenvalue weighted by Crippen LogP contribution is 2.03. The number of rotatable bonds is 18. The summed E-state index contributed by atoms with van der Waals surface area (Å²) in [5, 5.41) is 14.2. The molecule has 0 heterocycles. The van der Waals surface area contributed by atoms with Crippen LogP contribution in [0.5, 0.6) is 0 Å². The highest BCUT2D eigenvalue weighted by Gasteiger charge is 2.05. The first-order valence-electron chi connectivity index (χ1n) is 12.6. The lowest BCUT2D eigenvalue weighted by atomic mass is 10.2. The number of nitrogens with one attached hydrogen (secondary N) is 4. The van der Waals surface area contributed by atoms with E-state index in [0.717, 1.165) is 72.0 Å². The Morgan fingerprint density at radius 3 is 1.24 bits per heavy atom. The zero-order chi connectivity index (χ0) is 23.5. The molecule has 5 nitrogen and oxygen atoms in total. The van der Waals surface area contributed by atoms with E-state index < -0.39 is 0 Å². The fourth-order valence-electron chi connectivity index (χ4n) is 3.85. The third kappa shape index (κ3) is 11.5. The molecule has 3 aromatic carbocycles. The van der Waals surface area contributed by atoms with Crippen molar-refractivity contribution in [1.82, 2.24) is 26.2 Å². The average molecular weight is 460 g/mol. The van der Waals surface area contributed by atoms with E-state index in [4.69, 9.17) is 0 Å². The molecule has 0 aromatic heterocycles. The van der Waals surface area contributed by atoms with Gasteiger partial charge in [0.15, 0.2) is 0 Å². The first-order chi connectivity index (χ1) is 16.9. The predicted octanol–water partition coefficient (Wildman–Crippen LogP) is 3.25. The van der Waals surface area contributed by atoms with Gasteiger partial charge in [-0.15, -0.1) is 0 Å². The van der Waals surface area contributed by atoms with Crippen molar-refractivity contribution in [3.8, 4) is 0 Å². The molecule has 0 aliphatic heterocycles. The van der Waals surface area contributed by atoms with E-state index in [0.29, 0.717) is 0 Å². The van der Waals surface area contributed by atoms with Crippen molar-refractivity contribution in [2.45, 2.75) is 19.6 Å². The molecule has 0 saturated carbocycles. The molecule has 0 fully saturated rings. The van der Waals surface area contributed by atoms with E-state index in [2.05, 4.69) is 117 Å². The van der Waals surface area contributed by atoms with Crippen molar-refractivity contribution in [2.24, 2.45) is 0 Å². The molecular weight excluding hydrogens is 418 g/mol. The predicted molar refractivity (Wildman–Crippen MR) is 144 cm³/mol. The Morgan fingerprint density at radius 2 is 0.794 bits per heavy atom. The van der Waals surface area contributed by atoms with Gasteiger partial charge in [0.25, 0.3) is 0 Å². The smallest absolute Gasteiger partial charge is 0.0234 e. The van der Waals surface area contributed by atoms with Gasteiger partial charge in [-0.05, 0) is 16.7 Å². The van der Waals surface area contributed by atoms with Gasteiger partial charge in [0, 0.05) is 72.0 Å². The van der Waals surface area contributed by atoms with Crippen LogP contribution in [0, 0.1) is 0 Å². The van der Waals surface area contributed by atoms with Crippen LogP contribution in [-0.2, 0) is 19.6 Å². The minimum atomic E-state index is 0.925. The number of nitrogens with zero attached hydrogens (tertiary/aromatic N) is 1. The molecule has 5 heteroatoms. The van der Waals surface area contributed by atoms with Crippen LogP contribution in [0.2, 0.25) is 0 Å². The maximum atomic E-state index is 3.59. The van der Waals surface area contributed by atoms with E-state index in [-0.39, 0.29) is 0 Å². The number of hydrogen-bond donors (Lipinski definition) is 4. The third-order valence-electron chi connectivity index (χ3n) is 5.76. The van der Waals surface area contributed by atoms with Crippen molar-refractivity contribution in [3.05, 3.63) is 108 Å². The van der Waals surface area contributed by atoms with Crippen LogP contribution in [0.1, 0.15) is 16.7 Å². The summed E-state index contributed by atoms with van der Waals surface area (Å²) in [6.45, 7) is 10.8. The monoisotopic (exact) mass is 459 g/mol. The van der Waals surface area contributed by atoms with E-state index in [9.17, 15) is 0 Å². The van der Waals surface area contributed by atoms with Crippen LogP contribution in [0.4, 0.5) is 0 Å². The van der Waals surface area contributed by atoms with Crippen molar-refractivity contribution < 1.29 is 0 Å². The highest BCUT2D eigenvalue weighted by molar-refractivity contribution is 5.15. The summed E-state index contributed by atoms with van der Waals surface area (Å²) >= 11 is 0. The molecule has 34 heavy (non-hydrogen) atoms. The lowest BCUT2D eigenvalue weighted by Gasteiger charge is -2.23. The maximum Gasteiger partial charge on any atom is 0.0234 e. The van der Waals surface area contributed by atoms with Gasteiger partial charge < -0.3 is 21.3 Å². The molecule has 0 radical (unpaired) electrons. The van der Waals surface area contributed by atoms with Gasteiger partial charge in [-0.1, -0.05) is 91.0 Å². The van der Waals surface area contributed by atoms with Crippen LogP contribution < -0.4 is 21.3 Å². The normalized spacial score (nSPS) is 11.2. The molecule has 0 aliphatic carbocycles. The van der Waals surface area contributed by atoms with E-state index >= 15 is 0 Å². The number of hydrogen-bond acceptors (Lipinski definition) is 5. The largest absolute Gasteiger partial charge is 0.314 e. The number of benzene rings is 3. The summed E-state index contributed by atoms with van der Waals surface area (Å²) in [7, 11) is 0. The zero-order valence-corrected chi connectivity index (χ0v) is 20.4. The second-order valence-corrected chi connectivity index (χ2v) is 8.59. The van der Waals surface area contributed by atoms with Gasteiger partial charge in [0.2, 0.25) is 0 Å². The molecule has 0 spiro atoms. The first-order valence-corrected chi connectivity index (χ1v) is 12.6. The minimum absolute atomic E-state index is 0.925. The summed E-state index contributed by atoms with van der Waals surface area (Å²) < 4.78 is 0. The molecular formula is C29H41N5. The van der Waals surface area contributed by atoms with Gasteiger partial charge in [-0.25, -0.2) is 0 Å². The van der Waals surface area contributed by atoms with Crippen molar-refractivity contribution >= 4 is 0 Å². The highest BCUT2D eigenvalue weighted by atomic mass is 15.2. The van der Waals surface area contributed by atoms with Gasteiger partial charge in [0.1, 0.15) is 0 Å². The van der Waals surface area contributed by atoms with E-state index in [1.807, 2.05) is 0 Å². The Kier molecular flexibility index (Phi) is 13.0. The van der Waals surface area contributed by atoms with Crippen LogP contribution >= 0.6 is 0 Å². The standard InChI is InChI=1S/C29H41N5/c1-4-10-27(11-5-1)24-32-18-16-30-20-22-34(26-29-14-8-3-9-15-29)23-21-31-17-19-33-25-28-12-6-2-7-13-28/h1-15,30-33H,16-26H2. The fraction of sp³-hybridized carbons (Fsp3) is 0.379. The van der Waals surface area contributed by atoms with Gasteiger partial charge >= 0.3 is 0 Å². The summed E-state index contributed by atoms with van der Waals surface area (Å²) in [5.41, 5.74) is 4.04. The molecule has 3 rings (SSSR count). The molecule has 182 valence electrons. The Morgan fingerprint density at radius 1 is 0.412 bits per heavy atom. The molecule has 0 atom stereocenters. The summed E-state index contributed by atoms with van der Waals surface area (Å²) in [4.78, 5) is 2.53. The molecule has 4 N–H and O–H groups in total. The lowest BCUT2D eigenvalue weighted by Crippen LogP contribution is -2.39. The van der Waals surface area contributed by atoms with Crippen LogP contribution in [0.3, 0.4) is 0 Å². The summed E-state index contributed by atoms with van der Waals surface area (Å²) in [5.74, 6) is 0. The molecule has 0 bridgehead atoms. The Hall–Kier alpha value is -2.54. The van der Waals surface area contributed by atoms with Gasteiger partial charge in [-0.3, -0.25) is 4.90 Å². The van der Waals surface area contributed by atoms with E-state index in [1.54, 1.807) is 0 Å². The zero-order valence-electron chi connectivity index (χ0n) is 20.4. The van der Waals surface area contributed by atoms with Crippen molar-refractivity contribution in [2.75, 3.05) is 52.4 Å². The van der Waals surface area contributed by atoms with Gasteiger partial charge in [-0.2, -0.15) is 0 Å². The molecule has 0 unspecified atom stereocenters. The van der Waals surface area contributed by atoms with Crippen molar-refractivity contribution in [1.29, 1.82) is 0 Å². The second kappa shape index (κ2) is 17.0. The SMILES string of the molecule is c1ccc(CNCCNCCN(CCNCCNCc2ccccc2)Cc2ccccc2)cc1. The molecule has 0 aliphatic rings. The fourth-order valence-corrected chi connectivity index (χ4v) is 3.85. The second-order valence-electron chi connectivity index (χ2n) is 8.59. The summed E-state index contributed by atoms with van der Waals surface area (Å²) in [6, 6.07) is 31.9. The van der Waals surface area contributed by atoms with E-state index in [1.165, 1.54) is 16.7 Å². The van der Waals surface area contributed by atoms with Crippen molar-refractivity contribution in [3.63, 3.8) is 0 Å². The Balaban J connectivity index is 1.26. The summed E-state index contributed by atoms with van der Waals surface area (Å²) in [6.07, 6.45) is 0. The Bertz CT molecular complexity index is 804. The lowest BCUT2D eigenvalue weighted by molar-refractivity contribution is 0.264. The van der Waals surface area contributed by atoms with Crippen LogP contribution in [0.15, 0.2) is 91.0 Å². The van der Waals surface area contributed by atoms with Crippen LogP contribution in [-0.4, -0.2) is 57.3 Å². The Labute approximate surface area is 206 Å². The quantitative estimate of drug-likeness (QED) is 0.220. The first kappa shape index (κ1) is 26.1. The van der Waals surface area contributed by atoms with Gasteiger partial charge in [0.05, 0.1) is 0 Å². The molecule has 0 saturated heterocycles. The molecule has 3 aromatic rings. The minimum Gasteiger partial charge on any atom is -0.314 e. The third-order valence-corrected chi connectivity index (χ3v) is 5.76. The molecule has 0 amide bonds. The maximum absolute atomic E-state index is 3.59. The average Bonchev–Trinajstić information content (AvgIpc) is 2.89. The topological polar surface area (TPSA) is 51.4 Å². The van der Waals surface area contributed by atoms with Crippen LogP contribution in [0.25, 0.3) is 0 Å².